The van der Waals surface area contributed by atoms with Gasteiger partial charge in [0.1, 0.15) is 0 Å². The zero-order valence-corrected chi connectivity index (χ0v) is 34.6. The van der Waals surface area contributed by atoms with Crippen molar-refractivity contribution in [3.63, 3.8) is 0 Å². The van der Waals surface area contributed by atoms with Crippen molar-refractivity contribution < 1.29 is 0 Å². The Balaban J connectivity index is 1.07. The molecule has 0 amide bonds. The van der Waals surface area contributed by atoms with Crippen molar-refractivity contribution in [1.82, 2.24) is 9.47 Å². The molecule has 6 aromatic rings. The summed E-state index contributed by atoms with van der Waals surface area (Å²) in [7, 11) is 0. The third-order valence-corrected chi connectivity index (χ3v) is 14.5. The summed E-state index contributed by atoms with van der Waals surface area (Å²) >= 11 is 0. The molecule has 296 valence electrons. The lowest BCUT2D eigenvalue weighted by Gasteiger charge is -2.44. The maximum atomic E-state index is 2.78. The molecule has 5 aromatic carbocycles. The van der Waals surface area contributed by atoms with Crippen LogP contribution in [0.1, 0.15) is 55.2 Å². The lowest BCUT2D eigenvalue weighted by atomic mass is 9.66. The number of para-hydroxylation sites is 2. The van der Waals surface area contributed by atoms with Gasteiger partial charge in [0.15, 0.2) is 0 Å². The summed E-state index contributed by atoms with van der Waals surface area (Å²) in [6.45, 7) is 0. The molecule has 0 spiro atoms. The molecule has 12 rings (SSSR count). The van der Waals surface area contributed by atoms with Crippen LogP contribution in [0.2, 0.25) is 0 Å². The fourth-order valence-corrected chi connectivity index (χ4v) is 11.8. The molecule has 2 heteroatoms. The van der Waals surface area contributed by atoms with Crippen molar-refractivity contribution in [3.8, 4) is 16.8 Å². The molecular weight excluding hydrogens is 737 g/mol. The van der Waals surface area contributed by atoms with Gasteiger partial charge in [-0.25, -0.2) is 0 Å². The SMILES string of the molecule is C1=CCC(C2C=C(N(C3=CC(C4(c5ccccc5)c5ccccc5-c5ccc(-n6c7ccccc7c7ccccc76)cc54)=CCC3)C3C=CC=C4C=CCCC43)C=CC2)C=C1. The van der Waals surface area contributed by atoms with Gasteiger partial charge in [-0.3, -0.25) is 0 Å². The average Bonchev–Trinajstić information content (AvgIpc) is 3.83. The molecule has 1 heterocycles. The fraction of sp³-hybridized carbons (Fsp3) is 0.186. The van der Waals surface area contributed by atoms with E-state index in [0.717, 1.165) is 32.1 Å². The number of hydrogen-bond acceptors (Lipinski definition) is 1. The number of benzene rings is 5. The Kier molecular flexibility index (Phi) is 8.80. The van der Waals surface area contributed by atoms with E-state index in [2.05, 4.69) is 216 Å². The molecule has 5 unspecified atom stereocenters. The number of allylic oxidation sites excluding steroid dienone is 15. The van der Waals surface area contributed by atoms with Crippen molar-refractivity contribution in [2.75, 3.05) is 0 Å². The van der Waals surface area contributed by atoms with Gasteiger partial charge in [0.25, 0.3) is 0 Å². The Hall–Kier alpha value is -6.64. The first-order valence-electron chi connectivity index (χ1n) is 22.5. The molecule has 5 atom stereocenters. The molecule has 2 nitrogen and oxygen atoms in total. The van der Waals surface area contributed by atoms with Gasteiger partial charge in [0.05, 0.1) is 22.5 Å². The monoisotopic (exact) mass is 786 g/mol. The Labute approximate surface area is 359 Å². The first-order chi connectivity index (χ1) is 30.3. The molecule has 1 aromatic heterocycles. The number of rotatable bonds is 7. The minimum Gasteiger partial charge on any atom is -0.338 e. The van der Waals surface area contributed by atoms with E-state index >= 15 is 0 Å². The second kappa shape index (κ2) is 14.8. The van der Waals surface area contributed by atoms with Crippen LogP contribution in [0.3, 0.4) is 0 Å². The first kappa shape index (κ1) is 36.2. The number of aromatic nitrogens is 1. The standard InChI is InChI=1S/C59H50N2/c1-3-18-41(19-4-1)43-22-15-26-46(38-43)60(56-35-16-21-42-20-7-8-28-49(42)56)47-27-17-25-45(39-47)59(44-23-5-2-6-24-44)54-32-12-9-29-50(54)51-37-36-48(40-55(51)59)61-57-33-13-10-30-52(57)53-31-11-14-34-58(53)61/h1-7,9-16,18,20-21,23-26,29-41,43,49,56H,8,17,19,22,27-28H2. The van der Waals surface area contributed by atoms with Crippen molar-refractivity contribution in [2.24, 2.45) is 17.8 Å². The van der Waals surface area contributed by atoms with Crippen molar-refractivity contribution in [3.05, 3.63) is 246 Å². The van der Waals surface area contributed by atoms with Crippen LogP contribution in [0.4, 0.5) is 0 Å². The van der Waals surface area contributed by atoms with Crippen LogP contribution in [-0.4, -0.2) is 15.5 Å². The topological polar surface area (TPSA) is 8.17 Å². The predicted octanol–water partition coefficient (Wildman–Crippen LogP) is 14.4. The number of fused-ring (bicyclic) bond motifs is 7. The Bertz CT molecular complexity index is 2950. The summed E-state index contributed by atoms with van der Waals surface area (Å²) < 4.78 is 2.48. The van der Waals surface area contributed by atoms with Gasteiger partial charge in [-0.15, -0.1) is 0 Å². The third-order valence-electron chi connectivity index (χ3n) is 14.5. The maximum Gasteiger partial charge on any atom is 0.0711 e. The molecule has 61 heavy (non-hydrogen) atoms. The predicted molar refractivity (Wildman–Crippen MR) is 254 cm³/mol. The smallest absolute Gasteiger partial charge is 0.0711 e. The fourth-order valence-electron chi connectivity index (χ4n) is 11.8. The van der Waals surface area contributed by atoms with Gasteiger partial charge < -0.3 is 9.47 Å². The van der Waals surface area contributed by atoms with Crippen LogP contribution < -0.4 is 0 Å². The zero-order chi connectivity index (χ0) is 40.3. The van der Waals surface area contributed by atoms with Crippen molar-refractivity contribution in [2.45, 2.75) is 50.0 Å². The molecular formula is C59H50N2. The molecule has 6 aliphatic rings. The van der Waals surface area contributed by atoms with Crippen LogP contribution in [-0.2, 0) is 5.41 Å². The summed E-state index contributed by atoms with van der Waals surface area (Å²) in [5, 5.41) is 2.57. The number of nitrogens with zero attached hydrogens (tertiary/aromatic N) is 2. The highest BCUT2D eigenvalue weighted by Crippen LogP contribution is 2.58. The summed E-state index contributed by atoms with van der Waals surface area (Å²) in [6.07, 6.45) is 40.4. The Morgan fingerprint density at radius 2 is 1.39 bits per heavy atom. The normalized spacial score (nSPS) is 24.8. The van der Waals surface area contributed by atoms with Gasteiger partial charge in [0, 0.05) is 33.8 Å². The Morgan fingerprint density at radius 1 is 0.623 bits per heavy atom. The largest absolute Gasteiger partial charge is 0.338 e. The molecule has 0 N–H and O–H groups in total. The zero-order valence-electron chi connectivity index (χ0n) is 34.6. The lowest BCUT2D eigenvalue weighted by molar-refractivity contribution is 0.275. The molecule has 0 bridgehead atoms. The third kappa shape index (κ3) is 5.76. The van der Waals surface area contributed by atoms with E-state index in [9.17, 15) is 0 Å². The first-order valence-corrected chi connectivity index (χ1v) is 22.5. The van der Waals surface area contributed by atoms with Gasteiger partial charge in [-0.2, -0.15) is 0 Å². The highest BCUT2D eigenvalue weighted by atomic mass is 15.2. The number of hydrogen-bond donors (Lipinski definition) is 0. The molecule has 0 radical (unpaired) electrons. The van der Waals surface area contributed by atoms with Crippen LogP contribution in [0, 0.1) is 17.8 Å². The van der Waals surface area contributed by atoms with Crippen LogP contribution >= 0.6 is 0 Å². The molecule has 6 aliphatic carbocycles. The lowest BCUT2D eigenvalue weighted by Crippen LogP contribution is -2.41. The van der Waals surface area contributed by atoms with Gasteiger partial charge in [0.2, 0.25) is 0 Å². The highest BCUT2D eigenvalue weighted by Gasteiger charge is 2.48. The minimum absolute atomic E-state index is 0.240. The van der Waals surface area contributed by atoms with Crippen LogP contribution in [0.15, 0.2) is 229 Å². The summed E-state index contributed by atoms with van der Waals surface area (Å²) in [4.78, 5) is 2.78. The van der Waals surface area contributed by atoms with Crippen LogP contribution in [0.25, 0.3) is 38.6 Å². The quantitative estimate of drug-likeness (QED) is 0.156. The van der Waals surface area contributed by atoms with Gasteiger partial charge in [-0.05, 0) is 126 Å². The second-order valence-electron chi connectivity index (χ2n) is 17.7. The minimum atomic E-state index is -0.515. The highest BCUT2D eigenvalue weighted by molar-refractivity contribution is 6.09. The summed E-state index contributed by atoms with van der Waals surface area (Å²) in [6, 6.07) is 45.9. The molecule has 0 fully saturated rings. The maximum absolute atomic E-state index is 2.78. The molecule has 0 saturated carbocycles. The van der Waals surface area contributed by atoms with E-state index in [-0.39, 0.29) is 6.04 Å². The summed E-state index contributed by atoms with van der Waals surface area (Å²) in [5.41, 5.74) is 15.4. The Morgan fingerprint density at radius 3 is 2.23 bits per heavy atom. The van der Waals surface area contributed by atoms with Crippen molar-refractivity contribution >= 4 is 21.8 Å². The van der Waals surface area contributed by atoms with Crippen LogP contribution in [0.5, 0.6) is 0 Å². The van der Waals surface area contributed by atoms with Gasteiger partial charge in [-0.1, -0.05) is 170 Å². The molecule has 0 saturated heterocycles. The van der Waals surface area contributed by atoms with Crippen molar-refractivity contribution in [1.29, 1.82) is 0 Å². The molecule has 0 aliphatic heterocycles. The second-order valence-corrected chi connectivity index (χ2v) is 17.7. The van der Waals surface area contributed by atoms with E-state index < -0.39 is 5.41 Å². The van der Waals surface area contributed by atoms with Gasteiger partial charge >= 0.3 is 0 Å². The van der Waals surface area contributed by atoms with E-state index in [1.54, 1.807) is 0 Å². The van der Waals surface area contributed by atoms with E-state index in [1.165, 1.54) is 84.3 Å². The van der Waals surface area contributed by atoms with E-state index in [0.29, 0.717) is 17.8 Å². The van der Waals surface area contributed by atoms with E-state index in [1.807, 2.05) is 0 Å². The van der Waals surface area contributed by atoms with E-state index in [4.69, 9.17) is 0 Å². The average molecular weight is 787 g/mol. The summed E-state index contributed by atoms with van der Waals surface area (Å²) in [5.74, 6) is 1.44.